The van der Waals surface area contributed by atoms with Gasteiger partial charge in [-0.25, -0.2) is 0 Å². The van der Waals surface area contributed by atoms with Crippen molar-refractivity contribution in [2.24, 2.45) is 5.73 Å². The zero-order valence-electron chi connectivity index (χ0n) is 10.2. The number of benzene rings is 2. The average molecular weight is 322 g/mol. The maximum atomic E-state index is 13.0. The molecule has 108 valence electrons. The zero-order valence-corrected chi connectivity index (χ0v) is 11.8. The summed E-state index contributed by atoms with van der Waals surface area (Å²) in [6.07, 6.45) is -4.45. The van der Waals surface area contributed by atoms with Crippen molar-refractivity contribution in [2.45, 2.75) is 12.2 Å². The highest BCUT2D eigenvalue weighted by molar-refractivity contribution is 6.30. The molecule has 1 nitrogen and oxygen atoms in total. The Labute approximate surface area is 126 Å². The van der Waals surface area contributed by atoms with E-state index in [-0.39, 0.29) is 23.0 Å². The largest absolute Gasteiger partial charge is 0.416 e. The van der Waals surface area contributed by atoms with Crippen molar-refractivity contribution in [2.75, 3.05) is 0 Å². The van der Waals surface area contributed by atoms with Crippen molar-refractivity contribution in [1.82, 2.24) is 0 Å². The van der Waals surface area contributed by atoms with Crippen LogP contribution in [0.2, 0.25) is 5.02 Å². The van der Waals surface area contributed by atoms with Gasteiger partial charge < -0.3 is 5.73 Å². The van der Waals surface area contributed by atoms with Crippen LogP contribution in [0.15, 0.2) is 48.5 Å². The van der Waals surface area contributed by atoms with Gasteiger partial charge in [0.05, 0.1) is 11.6 Å². The molecule has 0 aliphatic heterocycles. The minimum absolute atomic E-state index is 0. The van der Waals surface area contributed by atoms with Gasteiger partial charge in [0.2, 0.25) is 0 Å². The topological polar surface area (TPSA) is 26.0 Å². The minimum atomic E-state index is -4.45. The fraction of sp³-hybridized carbons (Fsp3) is 0.143. The van der Waals surface area contributed by atoms with E-state index in [0.29, 0.717) is 5.56 Å². The summed E-state index contributed by atoms with van der Waals surface area (Å²) in [7, 11) is 0. The van der Waals surface area contributed by atoms with Crippen LogP contribution in [0.1, 0.15) is 22.7 Å². The third kappa shape index (κ3) is 3.66. The highest BCUT2D eigenvalue weighted by Crippen LogP contribution is 2.37. The molecular formula is C14H12Cl2F3N. The normalized spacial score (nSPS) is 12.7. The van der Waals surface area contributed by atoms with Gasteiger partial charge in [-0.05, 0) is 29.3 Å². The molecule has 0 aromatic heterocycles. The molecule has 0 fully saturated rings. The van der Waals surface area contributed by atoms with Crippen LogP contribution in [0.5, 0.6) is 0 Å². The zero-order chi connectivity index (χ0) is 14.0. The van der Waals surface area contributed by atoms with Crippen LogP contribution in [0.3, 0.4) is 0 Å². The predicted molar refractivity (Wildman–Crippen MR) is 76.2 cm³/mol. The molecule has 0 radical (unpaired) electrons. The molecule has 20 heavy (non-hydrogen) atoms. The summed E-state index contributed by atoms with van der Waals surface area (Å²) in [5.74, 6) is 0. The molecule has 0 saturated carbocycles. The molecule has 6 heteroatoms. The molecule has 2 rings (SSSR count). The van der Waals surface area contributed by atoms with Crippen molar-refractivity contribution in [3.63, 3.8) is 0 Å². The van der Waals surface area contributed by atoms with Crippen LogP contribution in [0.25, 0.3) is 0 Å². The van der Waals surface area contributed by atoms with Gasteiger partial charge in [-0.2, -0.15) is 13.2 Å². The van der Waals surface area contributed by atoms with E-state index in [1.54, 1.807) is 30.3 Å². The first kappa shape index (κ1) is 16.8. The van der Waals surface area contributed by atoms with Crippen LogP contribution in [0.4, 0.5) is 13.2 Å². The average Bonchev–Trinajstić information content (AvgIpc) is 2.37. The van der Waals surface area contributed by atoms with Gasteiger partial charge in [-0.1, -0.05) is 41.9 Å². The first-order valence-electron chi connectivity index (χ1n) is 5.57. The van der Waals surface area contributed by atoms with Crippen LogP contribution >= 0.6 is 24.0 Å². The molecule has 0 saturated heterocycles. The molecular weight excluding hydrogens is 310 g/mol. The van der Waals surface area contributed by atoms with E-state index in [0.717, 1.165) is 6.07 Å². The number of hydrogen-bond acceptors (Lipinski definition) is 1. The molecule has 1 atom stereocenters. The molecule has 2 aromatic rings. The Morgan fingerprint density at radius 1 is 1.00 bits per heavy atom. The maximum Gasteiger partial charge on any atom is 0.416 e. The number of halogens is 5. The lowest BCUT2D eigenvalue weighted by Gasteiger charge is -2.19. The minimum Gasteiger partial charge on any atom is -0.320 e. The Morgan fingerprint density at radius 3 is 2.15 bits per heavy atom. The molecule has 2 N–H and O–H groups in total. The van der Waals surface area contributed by atoms with Crippen LogP contribution in [-0.4, -0.2) is 0 Å². The molecule has 0 bridgehead atoms. The first-order chi connectivity index (χ1) is 8.89. The lowest BCUT2D eigenvalue weighted by Crippen LogP contribution is -2.18. The summed E-state index contributed by atoms with van der Waals surface area (Å²) in [4.78, 5) is 0. The molecule has 0 spiro atoms. The van der Waals surface area contributed by atoms with Gasteiger partial charge in [0, 0.05) is 5.02 Å². The number of nitrogens with two attached hydrogens (primary N) is 1. The fourth-order valence-electron chi connectivity index (χ4n) is 1.89. The molecule has 0 aliphatic carbocycles. The highest BCUT2D eigenvalue weighted by Gasteiger charge is 2.34. The Kier molecular flexibility index (Phi) is 5.45. The third-order valence-electron chi connectivity index (χ3n) is 2.81. The quantitative estimate of drug-likeness (QED) is 0.842. The first-order valence-corrected chi connectivity index (χ1v) is 5.94. The van der Waals surface area contributed by atoms with E-state index in [2.05, 4.69) is 0 Å². The van der Waals surface area contributed by atoms with Crippen molar-refractivity contribution >= 4 is 24.0 Å². The van der Waals surface area contributed by atoms with Gasteiger partial charge in [0.1, 0.15) is 0 Å². The van der Waals surface area contributed by atoms with Gasteiger partial charge >= 0.3 is 6.18 Å². The summed E-state index contributed by atoms with van der Waals surface area (Å²) < 4.78 is 38.9. The molecule has 0 aliphatic rings. The van der Waals surface area contributed by atoms with Crippen molar-refractivity contribution < 1.29 is 13.2 Å². The van der Waals surface area contributed by atoms with Crippen LogP contribution < -0.4 is 5.73 Å². The number of rotatable bonds is 2. The lowest BCUT2D eigenvalue weighted by atomic mass is 9.95. The fourth-order valence-corrected chi connectivity index (χ4v) is 2.07. The SMILES string of the molecule is Cl.NC(c1ccccc1)c1cc(Cl)ccc1C(F)(F)F. The van der Waals surface area contributed by atoms with Gasteiger partial charge in [-0.15, -0.1) is 12.4 Å². The van der Waals surface area contributed by atoms with E-state index in [9.17, 15) is 13.2 Å². The van der Waals surface area contributed by atoms with E-state index in [1.807, 2.05) is 0 Å². The highest BCUT2D eigenvalue weighted by atomic mass is 35.5. The summed E-state index contributed by atoms with van der Waals surface area (Å²) in [5.41, 5.74) is 5.75. The monoisotopic (exact) mass is 321 g/mol. The van der Waals surface area contributed by atoms with E-state index >= 15 is 0 Å². The standard InChI is InChI=1S/C14H11ClF3N.ClH/c15-10-6-7-12(14(16,17)18)11(8-10)13(19)9-4-2-1-3-5-9;/h1-8,13H,19H2;1H. The smallest absolute Gasteiger partial charge is 0.320 e. The molecule has 0 heterocycles. The number of alkyl halides is 3. The predicted octanol–water partition coefficient (Wildman–Crippen LogP) is 4.83. The Morgan fingerprint density at radius 2 is 1.60 bits per heavy atom. The van der Waals surface area contributed by atoms with Crippen LogP contribution in [0, 0.1) is 0 Å². The molecule has 0 amide bonds. The third-order valence-corrected chi connectivity index (χ3v) is 3.05. The maximum absolute atomic E-state index is 13.0. The van der Waals surface area contributed by atoms with Gasteiger partial charge in [0.25, 0.3) is 0 Å². The van der Waals surface area contributed by atoms with E-state index < -0.39 is 17.8 Å². The second-order valence-electron chi connectivity index (χ2n) is 4.12. The lowest BCUT2D eigenvalue weighted by molar-refractivity contribution is -0.138. The van der Waals surface area contributed by atoms with Crippen molar-refractivity contribution in [3.05, 3.63) is 70.2 Å². The van der Waals surface area contributed by atoms with Crippen molar-refractivity contribution in [3.8, 4) is 0 Å². The second kappa shape index (κ2) is 6.48. The summed E-state index contributed by atoms with van der Waals surface area (Å²) in [6, 6.07) is 11.2. The van der Waals surface area contributed by atoms with E-state index in [4.69, 9.17) is 17.3 Å². The Bertz CT molecular complexity index is 570. The summed E-state index contributed by atoms with van der Waals surface area (Å²) in [6.45, 7) is 0. The van der Waals surface area contributed by atoms with Crippen molar-refractivity contribution in [1.29, 1.82) is 0 Å². The Balaban J connectivity index is 0.00000200. The molecule has 2 aromatic carbocycles. The summed E-state index contributed by atoms with van der Waals surface area (Å²) in [5, 5.41) is 0.231. The van der Waals surface area contributed by atoms with Gasteiger partial charge in [-0.3, -0.25) is 0 Å². The van der Waals surface area contributed by atoms with Gasteiger partial charge in [0.15, 0.2) is 0 Å². The molecule has 1 unspecified atom stereocenters. The number of hydrogen-bond donors (Lipinski definition) is 1. The summed E-state index contributed by atoms with van der Waals surface area (Å²) >= 11 is 5.78. The van der Waals surface area contributed by atoms with E-state index in [1.165, 1.54) is 12.1 Å². The second-order valence-corrected chi connectivity index (χ2v) is 4.55. The van der Waals surface area contributed by atoms with Crippen LogP contribution in [-0.2, 0) is 6.18 Å². The Hall–Kier alpha value is -1.23.